The summed E-state index contributed by atoms with van der Waals surface area (Å²) in [6.45, 7) is -0.382. The summed E-state index contributed by atoms with van der Waals surface area (Å²) in [5.41, 5.74) is 2.02. The first-order chi connectivity index (χ1) is 16.1. The highest BCUT2D eigenvalue weighted by Crippen LogP contribution is 2.31. The first-order valence-electron chi connectivity index (χ1n) is 10.2. The number of cyclic esters (lactones) is 1. The zero-order valence-corrected chi connectivity index (χ0v) is 18.4. The van der Waals surface area contributed by atoms with Gasteiger partial charge in [-0.15, -0.1) is 0 Å². The minimum absolute atomic E-state index is 0.00799. The fourth-order valence-electron chi connectivity index (χ4n) is 3.42. The van der Waals surface area contributed by atoms with E-state index in [9.17, 15) is 31.9 Å². The van der Waals surface area contributed by atoms with Crippen LogP contribution in [0.1, 0.15) is 0 Å². The summed E-state index contributed by atoms with van der Waals surface area (Å²) in [6, 6.07) is 1.36. The van der Waals surface area contributed by atoms with Gasteiger partial charge in [-0.25, -0.2) is 28.4 Å². The second kappa shape index (κ2) is 10.7. The molecule has 0 aliphatic carbocycles. The van der Waals surface area contributed by atoms with Crippen molar-refractivity contribution in [2.75, 3.05) is 63.2 Å². The van der Waals surface area contributed by atoms with Gasteiger partial charge < -0.3 is 15.0 Å². The summed E-state index contributed by atoms with van der Waals surface area (Å²) in [7, 11) is 3.23. The van der Waals surface area contributed by atoms with Gasteiger partial charge in [-0.1, -0.05) is 0 Å². The van der Waals surface area contributed by atoms with E-state index in [1.807, 2.05) is 5.32 Å². The fraction of sp³-hybridized carbons (Fsp3) is 0.526. The van der Waals surface area contributed by atoms with Gasteiger partial charge in [0.25, 0.3) is 5.91 Å². The van der Waals surface area contributed by atoms with Crippen molar-refractivity contribution >= 4 is 29.4 Å². The van der Waals surface area contributed by atoms with Crippen LogP contribution < -0.4 is 20.5 Å². The highest BCUT2D eigenvalue weighted by Gasteiger charge is 2.34. The lowest BCUT2D eigenvalue weighted by atomic mass is 10.2. The number of hydrogen-bond donors (Lipinski definition) is 2. The number of carbonyl (C=O) groups is 3. The summed E-state index contributed by atoms with van der Waals surface area (Å²) in [5, 5.41) is 4.40. The Kier molecular flexibility index (Phi) is 7.98. The Morgan fingerprint density at radius 1 is 1.18 bits per heavy atom. The van der Waals surface area contributed by atoms with Crippen LogP contribution in [0, 0.1) is 11.6 Å². The number of nitrogens with one attached hydrogen (secondary N) is 2. The number of halogens is 4. The number of hydrazine groups is 1. The number of benzene rings is 1. The molecule has 3 rings (SSSR count). The smallest absolute Gasteiger partial charge is 0.414 e. The summed E-state index contributed by atoms with van der Waals surface area (Å²) < 4.78 is 59.4. The first kappa shape index (κ1) is 25.3. The number of hydrogen-bond acceptors (Lipinski definition) is 7. The highest BCUT2D eigenvalue weighted by atomic mass is 19.3. The maximum Gasteiger partial charge on any atom is 0.414 e. The monoisotopic (exact) mass is 492 g/mol. The molecule has 2 heterocycles. The molecule has 0 aromatic heterocycles. The second-order valence-electron chi connectivity index (χ2n) is 7.65. The van der Waals surface area contributed by atoms with Crippen LogP contribution in [0.3, 0.4) is 0 Å². The molecule has 34 heavy (non-hydrogen) atoms. The van der Waals surface area contributed by atoms with Crippen molar-refractivity contribution in [1.82, 2.24) is 20.8 Å². The van der Waals surface area contributed by atoms with E-state index in [-0.39, 0.29) is 50.7 Å². The second-order valence-corrected chi connectivity index (χ2v) is 7.65. The molecule has 1 aromatic carbocycles. The van der Waals surface area contributed by atoms with Crippen LogP contribution in [0.15, 0.2) is 12.1 Å². The molecular weight excluding hydrogens is 468 g/mol. The van der Waals surface area contributed by atoms with Gasteiger partial charge >= 0.3 is 18.5 Å². The number of alkyl halides is 2. The Labute approximate surface area is 192 Å². The molecule has 2 N–H and O–H groups in total. The van der Waals surface area contributed by atoms with Gasteiger partial charge in [-0.05, 0) is 0 Å². The molecule has 0 radical (unpaired) electrons. The molecule has 1 atom stereocenters. The predicted molar refractivity (Wildman–Crippen MR) is 110 cm³/mol. The third-order valence-corrected chi connectivity index (χ3v) is 4.93. The lowest BCUT2D eigenvalue weighted by Crippen LogP contribution is -2.46. The van der Waals surface area contributed by atoms with E-state index < -0.39 is 42.2 Å². The molecule has 2 saturated heterocycles. The van der Waals surface area contributed by atoms with Crippen LogP contribution in [0.5, 0.6) is 0 Å². The van der Waals surface area contributed by atoms with Crippen LogP contribution in [-0.4, -0.2) is 94.1 Å². The Morgan fingerprint density at radius 3 is 2.47 bits per heavy atom. The van der Waals surface area contributed by atoms with Gasteiger partial charge in [0.15, 0.2) is 11.6 Å². The van der Waals surface area contributed by atoms with Crippen LogP contribution >= 0.6 is 0 Å². The number of ether oxygens (including phenoxy) is 1. The summed E-state index contributed by atoms with van der Waals surface area (Å²) in [5.74, 6) is -3.43. The summed E-state index contributed by atoms with van der Waals surface area (Å²) in [4.78, 5) is 42.8. The molecular formula is C19H24F4N6O5. The zero-order chi connectivity index (χ0) is 25.0. The van der Waals surface area contributed by atoms with Crippen molar-refractivity contribution in [1.29, 1.82) is 0 Å². The van der Waals surface area contributed by atoms with E-state index in [1.165, 1.54) is 9.91 Å². The Hall–Kier alpha value is -3.33. The molecule has 0 bridgehead atoms. The summed E-state index contributed by atoms with van der Waals surface area (Å²) in [6.07, 6.45) is -5.13. The van der Waals surface area contributed by atoms with Crippen molar-refractivity contribution in [2.45, 2.75) is 12.5 Å². The lowest BCUT2D eigenvalue weighted by Gasteiger charge is -2.25. The molecule has 2 aliphatic heterocycles. The van der Waals surface area contributed by atoms with Crippen molar-refractivity contribution < 1.29 is 41.5 Å². The van der Waals surface area contributed by atoms with Crippen LogP contribution in [0.2, 0.25) is 0 Å². The molecule has 0 spiro atoms. The molecule has 4 amide bonds. The largest absolute Gasteiger partial charge is 0.442 e. The van der Waals surface area contributed by atoms with E-state index in [4.69, 9.17) is 9.57 Å². The van der Waals surface area contributed by atoms with Gasteiger partial charge in [0.05, 0.1) is 31.9 Å². The average Bonchev–Trinajstić information content (AvgIpc) is 2.96. The van der Waals surface area contributed by atoms with Gasteiger partial charge in [0.1, 0.15) is 11.8 Å². The van der Waals surface area contributed by atoms with E-state index >= 15 is 0 Å². The van der Waals surface area contributed by atoms with Crippen LogP contribution in [0.25, 0.3) is 0 Å². The molecule has 1 aromatic rings. The number of nitrogens with zero attached hydrogens (tertiary/aromatic N) is 4. The maximum absolute atomic E-state index is 14.9. The van der Waals surface area contributed by atoms with Gasteiger partial charge in [-0.2, -0.15) is 8.78 Å². The number of amides is 4. The predicted octanol–water partition coefficient (Wildman–Crippen LogP) is 0.911. The van der Waals surface area contributed by atoms with Gasteiger partial charge in [0, 0.05) is 39.3 Å². The number of rotatable bonds is 6. The quantitative estimate of drug-likeness (QED) is 0.449. The Morgan fingerprint density at radius 2 is 1.85 bits per heavy atom. The van der Waals surface area contributed by atoms with Crippen molar-refractivity contribution in [2.24, 2.45) is 0 Å². The number of hydroxylamine groups is 2. The van der Waals surface area contributed by atoms with Gasteiger partial charge in [-0.3, -0.25) is 20.0 Å². The molecule has 15 heteroatoms. The number of anilines is 2. The Balaban J connectivity index is 1.67. The fourth-order valence-corrected chi connectivity index (χ4v) is 3.42. The van der Waals surface area contributed by atoms with E-state index in [2.05, 4.69) is 5.43 Å². The van der Waals surface area contributed by atoms with Gasteiger partial charge in [0.2, 0.25) is 0 Å². The lowest BCUT2D eigenvalue weighted by molar-refractivity contribution is -0.132. The zero-order valence-electron chi connectivity index (χ0n) is 18.4. The van der Waals surface area contributed by atoms with E-state index in [0.29, 0.717) is 0 Å². The Bertz CT molecular complexity index is 913. The SMILES string of the molecule is CN(C)NC(=O)N1CCN(c2c(F)cc(N3C[C@H](CNC(=O)C(F)F)OC3=O)cc2F)CCO1. The molecule has 0 unspecified atom stereocenters. The minimum atomic E-state index is -3.22. The maximum atomic E-state index is 14.9. The first-order valence-corrected chi connectivity index (χ1v) is 10.2. The molecule has 2 aliphatic rings. The average molecular weight is 492 g/mol. The standard InChI is InChI=1S/C19H24F4N6O5/c1-26(2)25-18(31)29-4-3-27(5-6-33-29)15-13(20)7-11(8-14(15)21)28-10-12(34-19(28)32)9-24-17(30)16(22)23/h7-8,12,16H,3-6,9-10H2,1-2H3,(H,24,30)(H,25,31)/t12-/m0/s1. The minimum Gasteiger partial charge on any atom is -0.442 e. The molecule has 0 saturated carbocycles. The third-order valence-electron chi connectivity index (χ3n) is 4.93. The van der Waals surface area contributed by atoms with Crippen LogP contribution in [0.4, 0.5) is 38.5 Å². The number of urea groups is 1. The highest BCUT2D eigenvalue weighted by molar-refractivity contribution is 5.90. The van der Waals surface area contributed by atoms with Crippen LogP contribution in [-0.2, 0) is 14.4 Å². The number of carbonyl (C=O) groups excluding carboxylic acids is 3. The van der Waals surface area contributed by atoms with E-state index in [1.54, 1.807) is 14.1 Å². The van der Waals surface area contributed by atoms with Crippen molar-refractivity contribution in [3.8, 4) is 0 Å². The summed E-state index contributed by atoms with van der Waals surface area (Å²) >= 11 is 0. The van der Waals surface area contributed by atoms with Crippen molar-refractivity contribution in [3.63, 3.8) is 0 Å². The molecule has 188 valence electrons. The topological polar surface area (TPSA) is 107 Å². The molecule has 2 fully saturated rings. The normalized spacial score (nSPS) is 18.9. The van der Waals surface area contributed by atoms with Crippen molar-refractivity contribution in [3.05, 3.63) is 23.8 Å². The molecule has 11 nitrogen and oxygen atoms in total. The third kappa shape index (κ3) is 5.96. The van der Waals surface area contributed by atoms with E-state index in [0.717, 1.165) is 22.1 Å².